The minimum absolute atomic E-state index is 0.0693. The molecule has 0 fully saturated rings. The number of hydrogen-bond acceptors (Lipinski definition) is 4. The molecule has 0 aliphatic carbocycles. The molecule has 2 rings (SSSR count). The Labute approximate surface area is 142 Å². The number of aryl methyl sites for hydroxylation is 2. The molecule has 0 bridgehead atoms. The molecule has 2 aromatic rings. The van der Waals surface area contributed by atoms with Crippen LogP contribution in [-0.2, 0) is 17.6 Å². The molecule has 0 atom stereocenters. The van der Waals surface area contributed by atoms with Crippen molar-refractivity contribution in [1.82, 2.24) is 0 Å². The van der Waals surface area contributed by atoms with Crippen LogP contribution in [0.5, 0.6) is 17.2 Å². The summed E-state index contributed by atoms with van der Waals surface area (Å²) in [6, 6.07) is 11.8. The van der Waals surface area contributed by atoms with Gasteiger partial charge in [-0.3, -0.25) is 4.79 Å². The number of carbonyl (C=O) groups excluding carboxylic acids is 1. The van der Waals surface area contributed by atoms with E-state index in [4.69, 9.17) is 14.2 Å². The van der Waals surface area contributed by atoms with Gasteiger partial charge in [0.1, 0.15) is 0 Å². The van der Waals surface area contributed by atoms with E-state index in [1.807, 2.05) is 36.4 Å². The lowest BCUT2D eigenvalue weighted by molar-refractivity contribution is -0.114. The quantitative estimate of drug-likeness (QED) is 0.845. The van der Waals surface area contributed by atoms with Gasteiger partial charge in [0, 0.05) is 12.6 Å². The summed E-state index contributed by atoms with van der Waals surface area (Å²) < 4.78 is 16.1. The van der Waals surface area contributed by atoms with E-state index in [1.54, 1.807) is 21.3 Å². The van der Waals surface area contributed by atoms with Crippen LogP contribution in [0, 0.1) is 0 Å². The van der Waals surface area contributed by atoms with Crippen molar-refractivity contribution in [2.24, 2.45) is 0 Å². The number of rotatable bonds is 7. The molecule has 5 heteroatoms. The standard InChI is InChI=1S/C19H23NO4/c1-13(21)20-16-9-7-14(8-10-16)5-6-15-11-17(22-2)19(24-4)18(12-15)23-3/h7-12H,5-6H2,1-4H3,(H,20,21). The van der Waals surface area contributed by atoms with Gasteiger partial charge in [-0.15, -0.1) is 0 Å². The molecular formula is C19H23NO4. The molecule has 0 aromatic heterocycles. The van der Waals surface area contributed by atoms with Gasteiger partial charge in [-0.25, -0.2) is 0 Å². The summed E-state index contributed by atoms with van der Waals surface area (Å²) in [5, 5.41) is 2.76. The van der Waals surface area contributed by atoms with Crippen LogP contribution >= 0.6 is 0 Å². The van der Waals surface area contributed by atoms with Gasteiger partial charge in [-0.05, 0) is 48.2 Å². The Morgan fingerprint density at radius 1 is 0.875 bits per heavy atom. The molecule has 0 aliphatic heterocycles. The van der Waals surface area contributed by atoms with E-state index in [0.717, 1.165) is 24.1 Å². The summed E-state index contributed by atoms with van der Waals surface area (Å²) in [6.07, 6.45) is 1.72. The fourth-order valence-corrected chi connectivity index (χ4v) is 2.53. The number of amides is 1. The summed E-state index contributed by atoms with van der Waals surface area (Å²) in [5.41, 5.74) is 3.10. The lowest BCUT2D eigenvalue weighted by atomic mass is 10.0. The van der Waals surface area contributed by atoms with Crippen molar-refractivity contribution < 1.29 is 19.0 Å². The number of methoxy groups -OCH3 is 3. The van der Waals surface area contributed by atoms with Gasteiger partial charge in [-0.2, -0.15) is 0 Å². The minimum Gasteiger partial charge on any atom is -0.493 e. The predicted octanol–water partition coefficient (Wildman–Crippen LogP) is 3.46. The number of hydrogen-bond donors (Lipinski definition) is 1. The van der Waals surface area contributed by atoms with Gasteiger partial charge in [0.2, 0.25) is 11.7 Å². The first-order valence-electron chi connectivity index (χ1n) is 7.72. The second-order valence-electron chi connectivity index (χ2n) is 5.41. The molecule has 1 N–H and O–H groups in total. The molecule has 24 heavy (non-hydrogen) atoms. The third-order valence-electron chi connectivity index (χ3n) is 3.70. The molecule has 0 aliphatic rings. The third kappa shape index (κ3) is 4.41. The molecule has 1 amide bonds. The largest absolute Gasteiger partial charge is 0.493 e. The van der Waals surface area contributed by atoms with Crippen molar-refractivity contribution in [2.75, 3.05) is 26.6 Å². The summed E-state index contributed by atoms with van der Waals surface area (Å²) in [7, 11) is 4.82. The molecule has 0 heterocycles. The van der Waals surface area contributed by atoms with E-state index in [2.05, 4.69) is 5.32 Å². The molecule has 0 unspecified atom stereocenters. The van der Waals surface area contributed by atoms with Gasteiger partial charge < -0.3 is 19.5 Å². The fraction of sp³-hybridized carbons (Fsp3) is 0.316. The van der Waals surface area contributed by atoms with E-state index in [-0.39, 0.29) is 5.91 Å². The van der Waals surface area contributed by atoms with Crippen molar-refractivity contribution in [3.05, 3.63) is 47.5 Å². The number of ether oxygens (including phenoxy) is 3. The predicted molar refractivity (Wildman–Crippen MR) is 94.3 cm³/mol. The van der Waals surface area contributed by atoms with Gasteiger partial charge in [0.15, 0.2) is 11.5 Å². The molecule has 0 radical (unpaired) electrons. The highest BCUT2D eigenvalue weighted by Gasteiger charge is 2.13. The molecule has 2 aromatic carbocycles. The fourth-order valence-electron chi connectivity index (χ4n) is 2.53. The van der Waals surface area contributed by atoms with E-state index in [1.165, 1.54) is 12.5 Å². The number of nitrogens with one attached hydrogen (secondary N) is 1. The Hall–Kier alpha value is -2.69. The second-order valence-corrected chi connectivity index (χ2v) is 5.41. The molecule has 5 nitrogen and oxygen atoms in total. The van der Waals surface area contributed by atoms with Crippen LogP contribution in [0.1, 0.15) is 18.1 Å². The number of anilines is 1. The average Bonchev–Trinajstić information content (AvgIpc) is 2.59. The SMILES string of the molecule is COc1cc(CCc2ccc(NC(C)=O)cc2)cc(OC)c1OC. The first-order valence-corrected chi connectivity index (χ1v) is 7.72. The Bertz CT molecular complexity index is 670. The molecule has 128 valence electrons. The van der Waals surface area contributed by atoms with E-state index >= 15 is 0 Å². The monoisotopic (exact) mass is 329 g/mol. The van der Waals surface area contributed by atoms with Crippen LogP contribution in [-0.4, -0.2) is 27.2 Å². The van der Waals surface area contributed by atoms with Gasteiger partial charge >= 0.3 is 0 Å². The maximum Gasteiger partial charge on any atom is 0.221 e. The Morgan fingerprint density at radius 3 is 1.88 bits per heavy atom. The summed E-state index contributed by atoms with van der Waals surface area (Å²) in [6.45, 7) is 1.50. The highest BCUT2D eigenvalue weighted by Crippen LogP contribution is 2.38. The smallest absolute Gasteiger partial charge is 0.221 e. The molecule has 0 saturated carbocycles. The maximum atomic E-state index is 11.0. The summed E-state index contributed by atoms with van der Waals surface area (Å²) in [5.74, 6) is 1.85. The van der Waals surface area contributed by atoms with E-state index in [0.29, 0.717) is 17.2 Å². The Morgan fingerprint density at radius 2 is 1.42 bits per heavy atom. The minimum atomic E-state index is -0.0693. The van der Waals surface area contributed by atoms with Crippen LogP contribution in [0.4, 0.5) is 5.69 Å². The van der Waals surface area contributed by atoms with Gasteiger partial charge in [0.25, 0.3) is 0 Å². The van der Waals surface area contributed by atoms with Crippen molar-refractivity contribution in [2.45, 2.75) is 19.8 Å². The highest BCUT2D eigenvalue weighted by atomic mass is 16.5. The van der Waals surface area contributed by atoms with Crippen molar-refractivity contribution in [3.8, 4) is 17.2 Å². The zero-order chi connectivity index (χ0) is 17.5. The number of carbonyl (C=O) groups is 1. The van der Waals surface area contributed by atoms with Crippen molar-refractivity contribution in [1.29, 1.82) is 0 Å². The van der Waals surface area contributed by atoms with Crippen LogP contribution in [0.2, 0.25) is 0 Å². The van der Waals surface area contributed by atoms with Crippen LogP contribution < -0.4 is 19.5 Å². The lowest BCUT2D eigenvalue weighted by Gasteiger charge is -2.14. The Kier molecular flexibility index (Phi) is 6.07. The topological polar surface area (TPSA) is 56.8 Å². The van der Waals surface area contributed by atoms with Crippen molar-refractivity contribution >= 4 is 11.6 Å². The van der Waals surface area contributed by atoms with Crippen molar-refractivity contribution in [3.63, 3.8) is 0 Å². The number of benzene rings is 2. The van der Waals surface area contributed by atoms with Crippen LogP contribution in [0.15, 0.2) is 36.4 Å². The summed E-state index contributed by atoms with van der Waals surface area (Å²) >= 11 is 0. The van der Waals surface area contributed by atoms with Crippen LogP contribution in [0.25, 0.3) is 0 Å². The maximum absolute atomic E-state index is 11.0. The highest BCUT2D eigenvalue weighted by molar-refractivity contribution is 5.88. The molecular weight excluding hydrogens is 306 g/mol. The first kappa shape index (κ1) is 17.7. The van der Waals surface area contributed by atoms with Crippen LogP contribution in [0.3, 0.4) is 0 Å². The molecule has 0 spiro atoms. The first-order chi connectivity index (χ1) is 11.6. The normalized spacial score (nSPS) is 10.2. The zero-order valence-corrected chi connectivity index (χ0v) is 14.5. The summed E-state index contributed by atoms with van der Waals surface area (Å²) in [4.78, 5) is 11.0. The van der Waals surface area contributed by atoms with E-state index < -0.39 is 0 Å². The Balaban J connectivity index is 2.10. The van der Waals surface area contributed by atoms with Gasteiger partial charge in [-0.1, -0.05) is 12.1 Å². The third-order valence-corrected chi connectivity index (χ3v) is 3.70. The van der Waals surface area contributed by atoms with E-state index in [9.17, 15) is 4.79 Å². The molecule has 0 saturated heterocycles. The average molecular weight is 329 g/mol. The zero-order valence-electron chi connectivity index (χ0n) is 14.5. The lowest BCUT2D eigenvalue weighted by Crippen LogP contribution is -2.05. The van der Waals surface area contributed by atoms with Gasteiger partial charge in [0.05, 0.1) is 21.3 Å². The second kappa shape index (κ2) is 8.24.